The molecule has 5 nitrogen and oxygen atoms in total. The molecule has 1 rings (SSSR count). The van der Waals surface area contributed by atoms with Crippen LogP contribution in [0.15, 0.2) is 0 Å². The monoisotopic (exact) mass is 162 g/mol. The summed E-state index contributed by atoms with van der Waals surface area (Å²) in [5.41, 5.74) is 0. The summed E-state index contributed by atoms with van der Waals surface area (Å²) >= 11 is 0. The van der Waals surface area contributed by atoms with Crippen LogP contribution in [0, 0.1) is 0 Å². The molecule has 0 bridgehead atoms. The predicted molar refractivity (Wildman–Crippen MR) is 33.6 cm³/mol. The molecule has 0 aromatic heterocycles. The van der Waals surface area contributed by atoms with Gasteiger partial charge in [-0.1, -0.05) is 0 Å². The molecule has 0 aromatic carbocycles. The van der Waals surface area contributed by atoms with Gasteiger partial charge in [-0.3, -0.25) is 0 Å². The smallest absolute Gasteiger partial charge is 0.338 e. The van der Waals surface area contributed by atoms with Crippen LogP contribution < -0.4 is 0 Å². The third kappa shape index (κ3) is 1.68. The molecule has 0 aromatic rings. The molecule has 0 aliphatic carbocycles. The van der Waals surface area contributed by atoms with Crippen LogP contribution in [0.4, 0.5) is 0 Å². The van der Waals surface area contributed by atoms with E-state index in [0.29, 0.717) is 0 Å². The fourth-order valence-electron chi connectivity index (χ4n) is 0.949. The molecule has 3 atom stereocenters. The van der Waals surface area contributed by atoms with E-state index in [2.05, 4.69) is 4.74 Å². The van der Waals surface area contributed by atoms with E-state index in [0.717, 1.165) is 0 Å². The maximum Gasteiger partial charge on any atom is 0.338 e. The van der Waals surface area contributed by atoms with Gasteiger partial charge in [0.1, 0.15) is 6.10 Å². The highest BCUT2D eigenvalue weighted by Gasteiger charge is 2.35. The van der Waals surface area contributed by atoms with Gasteiger partial charge in [-0.2, -0.15) is 0 Å². The van der Waals surface area contributed by atoms with Gasteiger partial charge in [-0.15, -0.1) is 0 Å². The summed E-state index contributed by atoms with van der Waals surface area (Å²) in [4.78, 5) is 10.6. The van der Waals surface area contributed by atoms with E-state index in [1.165, 1.54) is 0 Å². The predicted octanol–water partition coefficient (Wildman–Crippen LogP) is -1.98. The largest absolute Gasteiger partial charge is 0.458 e. The number of carbonyl (C=O) groups excluding carboxylic acids is 1. The second-order valence-corrected chi connectivity index (χ2v) is 2.49. The SMILES string of the molecule is O=C1O[C@H](CO)CC(O)[C@H]1O. The number of aliphatic hydroxyl groups is 3. The lowest BCUT2D eigenvalue weighted by Crippen LogP contribution is -2.46. The number of rotatable bonds is 1. The molecule has 1 heterocycles. The normalized spacial score (nSPS) is 38.5. The molecule has 1 unspecified atom stereocenters. The van der Waals surface area contributed by atoms with Crippen LogP contribution in [0.5, 0.6) is 0 Å². The van der Waals surface area contributed by atoms with E-state index in [-0.39, 0.29) is 13.0 Å². The fraction of sp³-hybridized carbons (Fsp3) is 0.833. The highest BCUT2D eigenvalue weighted by atomic mass is 16.6. The molecule has 0 radical (unpaired) electrons. The summed E-state index contributed by atoms with van der Waals surface area (Å²) in [6.45, 7) is -0.324. The topological polar surface area (TPSA) is 87.0 Å². The molecule has 3 N–H and O–H groups in total. The number of esters is 1. The van der Waals surface area contributed by atoms with Crippen molar-refractivity contribution in [2.24, 2.45) is 0 Å². The summed E-state index contributed by atoms with van der Waals surface area (Å²) in [6, 6.07) is 0. The molecular weight excluding hydrogens is 152 g/mol. The first-order valence-electron chi connectivity index (χ1n) is 3.32. The van der Waals surface area contributed by atoms with Gasteiger partial charge in [-0.05, 0) is 0 Å². The molecule has 0 spiro atoms. The van der Waals surface area contributed by atoms with Crippen molar-refractivity contribution in [1.29, 1.82) is 0 Å². The quantitative estimate of drug-likeness (QED) is 0.389. The maximum absolute atomic E-state index is 10.6. The van der Waals surface area contributed by atoms with Gasteiger partial charge in [0, 0.05) is 6.42 Å². The van der Waals surface area contributed by atoms with Gasteiger partial charge < -0.3 is 20.1 Å². The highest BCUT2D eigenvalue weighted by Crippen LogP contribution is 2.14. The van der Waals surface area contributed by atoms with E-state index < -0.39 is 24.3 Å². The Morgan fingerprint density at radius 3 is 2.64 bits per heavy atom. The minimum absolute atomic E-state index is 0.0867. The Bertz CT molecular complexity index is 157. The second kappa shape index (κ2) is 3.17. The summed E-state index contributed by atoms with van der Waals surface area (Å²) in [5.74, 6) is -0.872. The number of carbonyl (C=O) groups is 1. The van der Waals surface area contributed by atoms with E-state index in [1.54, 1.807) is 0 Å². The second-order valence-electron chi connectivity index (χ2n) is 2.49. The van der Waals surface area contributed by atoms with Crippen molar-refractivity contribution in [2.45, 2.75) is 24.7 Å². The minimum atomic E-state index is -1.46. The first kappa shape index (κ1) is 8.45. The fourth-order valence-corrected chi connectivity index (χ4v) is 0.949. The Kier molecular flexibility index (Phi) is 2.43. The third-order valence-corrected chi connectivity index (χ3v) is 1.60. The Morgan fingerprint density at radius 1 is 1.55 bits per heavy atom. The Labute approximate surface area is 63.2 Å². The standard InChI is InChI=1S/C6H10O5/c7-2-3-1-4(8)5(9)6(10)11-3/h3-5,7-9H,1-2H2/t3-,4?,5+/m0/s1. The van der Waals surface area contributed by atoms with Crippen molar-refractivity contribution >= 4 is 5.97 Å². The van der Waals surface area contributed by atoms with Crippen molar-refractivity contribution in [1.82, 2.24) is 0 Å². The lowest BCUT2D eigenvalue weighted by Gasteiger charge is -2.27. The van der Waals surface area contributed by atoms with Crippen LogP contribution in [0.25, 0.3) is 0 Å². The molecule has 1 aliphatic rings. The summed E-state index contributed by atoms with van der Waals surface area (Å²) in [5, 5.41) is 26.4. The molecule has 5 heteroatoms. The lowest BCUT2D eigenvalue weighted by molar-refractivity contribution is -0.181. The van der Waals surface area contributed by atoms with Crippen LogP contribution in [0.1, 0.15) is 6.42 Å². The summed E-state index contributed by atoms with van der Waals surface area (Å²) in [6.07, 6.45) is -3.17. The number of cyclic esters (lactones) is 1. The zero-order valence-corrected chi connectivity index (χ0v) is 5.80. The zero-order chi connectivity index (χ0) is 8.43. The van der Waals surface area contributed by atoms with Crippen molar-refractivity contribution in [3.63, 3.8) is 0 Å². The van der Waals surface area contributed by atoms with Gasteiger partial charge in [-0.25, -0.2) is 4.79 Å². The van der Waals surface area contributed by atoms with Gasteiger partial charge in [0.25, 0.3) is 0 Å². The number of hydrogen-bond acceptors (Lipinski definition) is 5. The highest BCUT2D eigenvalue weighted by molar-refractivity contribution is 5.76. The van der Waals surface area contributed by atoms with Crippen molar-refractivity contribution in [2.75, 3.05) is 6.61 Å². The maximum atomic E-state index is 10.6. The van der Waals surface area contributed by atoms with Gasteiger partial charge in [0.05, 0.1) is 12.7 Å². The van der Waals surface area contributed by atoms with Crippen molar-refractivity contribution in [3.05, 3.63) is 0 Å². The molecule has 64 valence electrons. The Hall–Kier alpha value is -0.650. The van der Waals surface area contributed by atoms with Gasteiger partial charge >= 0.3 is 5.97 Å². The van der Waals surface area contributed by atoms with Gasteiger partial charge in [0.2, 0.25) is 0 Å². The molecular formula is C6H10O5. The first-order valence-corrected chi connectivity index (χ1v) is 3.32. The third-order valence-electron chi connectivity index (χ3n) is 1.60. The summed E-state index contributed by atoms with van der Waals surface area (Å²) in [7, 11) is 0. The van der Waals surface area contributed by atoms with Crippen LogP contribution in [0.3, 0.4) is 0 Å². The van der Waals surface area contributed by atoms with E-state index in [9.17, 15) is 4.79 Å². The molecule has 11 heavy (non-hydrogen) atoms. The van der Waals surface area contributed by atoms with Crippen LogP contribution in [-0.4, -0.2) is 46.2 Å². The van der Waals surface area contributed by atoms with Crippen molar-refractivity contribution in [3.8, 4) is 0 Å². The van der Waals surface area contributed by atoms with E-state index >= 15 is 0 Å². The average molecular weight is 162 g/mol. The van der Waals surface area contributed by atoms with Crippen LogP contribution >= 0.6 is 0 Å². The van der Waals surface area contributed by atoms with E-state index in [4.69, 9.17) is 15.3 Å². The van der Waals surface area contributed by atoms with Crippen molar-refractivity contribution < 1.29 is 24.9 Å². The molecule has 0 amide bonds. The zero-order valence-electron chi connectivity index (χ0n) is 5.80. The number of hydrogen-bond donors (Lipinski definition) is 3. The molecule has 1 saturated heterocycles. The number of aliphatic hydroxyl groups excluding tert-OH is 3. The van der Waals surface area contributed by atoms with Crippen LogP contribution in [0.2, 0.25) is 0 Å². The van der Waals surface area contributed by atoms with Crippen LogP contribution in [-0.2, 0) is 9.53 Å². The van der Waals surface area contributed by atoms with E-state index in [1.807, 2.05) is 0 Å². The number of ether oxygens (including phenoxy) is 1. The van der Waals surface area contributed by atoms with Gasteiger partial charge in [0.15, 0.2) is 6.10 Å². The Morgan fingerprint density at radius 2 is 2.18 bits per heavy atom. The minimum Gasteiger partial charge on any atom is -0.458 e. The molecule has 1 aliphatic heterocycles. The Balaban J connectivity index is 2.54. The summed E-state index contributed by atoms with van der Waals surface area (Å²) < 4.78 is 4.52. The average Bonchev–Trinajstić information content (AvgIpc) is 1.99. The first-order chi connectivity index (χ1) is 5.15. The molecule has 0 saturated carbocycles. The molecule has 1 fully saturated rings. The lowest BCUT2D eigenvalue weighted by atomic mass is 10.0.